The molecule has 2 heterocycles. The number of carbonyl (C=O) groups excluding carboxylic acids is 2. The fourth-order valence-electron chi connectivity index (χ4n) is 2.95. The minimum absolute atomic E-state index is 0.263. The lowest BCUT2D eigenvalue weighted by molar-refractivity contribution is -0.193. The topological polar surface area (TPSA) is 187 Å². The molecule has 0 radical (unpaired) electrons. The number of carbonyl (C=O) groups is 4. The fourth-order valence-corrected chi connectivity index (χ4v) is 3.45. The van der Waals surface area contributed by atoms with Gasteiger partial charge in [0.1, 0.15) is 22.7 Å². The minimum Gasteiger partial charge on any atom is -0.489 e. The molecule has 0 bridgehead atoms. The van der Waals surface area contributed by atoms with Crippen LogP contribution in [0.25, 0.3) is 0 Å². The van der Waals surface area contributed by atoms with Crippen molar-refractivity contribution in [3.8, 4) is 5.75 Å². The van der Waals surface area contributed by atoms with Crippen molar-refractivity contribution >= 4 is 52.6 Å². The number of pyridine rings is 1. The molecule has 20 heteroatoms. The SMILES string of the molecule is O=C(NO)[C@H]1CNC[C@@H]1C(=O)Nc1ccc(OCc2cc(Cl)nc(Cl)c2)cc1.O=C(O)C(F)(F)F.O=C(O)C(F)(F)F. The van der Waals surface area contributed by atoms with Gasteiger partial charge in [0.25, 0.3) is 0 Å². The van der Waals surface area contributed by atoms with Crippen LogP contribution in [0.1, 0.15) is 5.56 Å². The summed E-state index contributed by atoms with van der Waals surface area (Å²) < 4.78 is 69.1. The Bertz CT molecular complexity index is 1200. The number of aromatic nitrogens is 1. The van der Waals surface area contributed by atoms with Gasteiger partial charge in [0.15, 0.2) is 0 Å². The molecule has 1 fully saturated rings. The van der Waals surface area contributed by atoms with Gasteiger partial charge in [-0.05, 0) is 42.0 Å². The molecule has 3 rings (SSSR count). The zero-order valence-electron chi connectivity index (χ0n) is 20.6. The number of benzene rings is 1. The Labute approximate surface area is 241 Å². The van der Waals surface area contributed by atoms with E-state index in [1.165, 1.54) is 0 Å². The fraction of sp³-hybridized carbons (Fsp3) is 0.318. The lowest BCUT2D eigenvalue weighted by Crippen LogP contribution is -2.38. The highest BCUT2D eigenvalue weighted by molar-refractivity contribution is 6.32. The summed E-state index contributed by atoms with van der Waals surface area (Å²) in [4.78, 5) is 45.7. The van der Waals surface area contributed by atoms with Gasteiger partial charge in [-0.3, -0.25) is 14.8 Å². The summed E-state index contributed by atoms with van der Waals surface area (Å²) in [7, 11) is 0. The van der Waals surface area contributed by atoms with Gasteiger partial charge >= 0.3 is 24.3 Å². The molecule has 0 unspecified atom stereocenters. The zero-order valence-corrected chi connectivity index (χ0v) is 22.1. The van der Waals surface area contributed by atoms with Crippen molar-refractivity contribution in [1.82, 2.24) is 15.8 Å². The van der Waals surface area contributed by atoms with Crippen LogP contribution in [0.4, 0.5) is 32.0 Å². The lowest BCUT2D eigenvalue weighted by atomic mass is 9.94. The first-order valence-corrected chi connectivity index (χ1v) is 11.7. The van der Waals surface area contributed by atoms with Crippen molar-refractivity contribution in [1.29, 1.82) is 0 Å². The van der Waals surface area contributed by atoms with Gasteiger partial charge < -0.3 is 25.6 Å². The Kier molecular flexibility index (Phi) is 13.7. The first-order valence-electron chi connectivity index (χ1n) is 11.0. The number of amides is 2. The second-order valence-electron chi connectivity index (χ2n) is 7.88. The van der Waals surface area contributed by atoms with Gasteiger partial charge in [-0.2, -0.15) is 26.3 Å². The molecule has 12 nitrogen and oxygen atoms in total. The van der Waals surface area contributed by atoms with Gasteiger partial charge in [0, 0.05) is 18.8 Å². The number of nitrogens with zero attached hydrogens (tertiary/aromatic N) is 1. The summed E-state index contributed by atoms with van der Waals surface area (Å²) in [6.07, 6.45) is -10.2. The normalized spacial score (nSPS) is 16.1. The van der Waals surface area contributed by atoms with E-state index in [1.807, 2.05) is 0 Å². The lowest BCUT2D eigenvalue weighted by Gasteiger charge is -2.16. The number of carboxylic acids is 2. The van der Waals surface area contributed by atoms with Crippen LogP contribution in [0.3, 0.4) is 0 Å². The summed E-state index contributed by atoms with van der Waals surface area (Å²) in [5.74, 6) is -6.98. The monoisotopic (exact) mass is 652 g/mol. The number of alkyl halides is 6. The Balaban J connectivity index is 0.000000522. The van der Waals surface area contributed by atoms with Crippen molar-refractivity contribution in [2.75, 3.05) is 18.4 Å². The average molecular weight is 653 g/mol. The Hall–Kier alpha value is -3.87. The van der Waals surface area contributed by atoms with E-state index in [4.69, 9.17) is 52.9 Å². The van der Waals surface area contributed by atoms with E-state index in [-0.39, 0.29) is 12.5 Å². The van der Waals surface area contributed by atoms with E-state index in [0.717, 1.165) is 5.56 Å². The van der Waals surface area contributed by atoms with Crippen molar-refractivity contribution in [3.63, 3.8) is 0 Å². The molecule has 42 heavy (non-hydrogen) atoms. The van der Waals surface area contributed by atoms with Crippen molar-refractivity contribution < 1.29 is 65.7 Å². The molecule has 6 N–H and O–H groups in total. The van der Waals surface area contributed by atoms with E-state index in [9.17, 15) is 35.9 Å². The smallest absolute Gasteiger partial charge is 0.489 e. The number of aliphatic carboxylic acids is 2. The number of halogens is 8. The number of carboxylic acid groups (broad SMARTS) is 2. The number of hydrogen-bond acceptors (Lipinski definition) is 8. The van der Waals surface area contributed by atoms with E-state index in [0.29, 0.717) is 34.8 Å². The second kappa shape index (κ2) is 15.9. The van der Waals surface area contributed by atoms with Gasteiger partial charge in [0.05, 0.1) is 11.8 Å². The Morgan fingerprint density at radius 1 is 0.881 bits per heavy atom. The van der Waals surface area contributed by atoms with Crippen LogP contribution in [-0.2, 0) is 25.8 Å². The summed E-state index contributed by atoms with van der Waals surface area (Å²) in [6, 6.07) is 10.1. The number of anilines is 1. The van der Waals surface area contributed by atoms with Gasteiger partial charge in [-0.25, -0.2) is 20.1 Å². The van der Waals surface area contributed by atoms with Crippen molar-refractivity contribution in [2.45, 2.75) is 19.0 Å². The molecular formula is C22H20Cl2F6N4O8. The predicted octanol–water partition coefficient (Wildman–Crippen LogP) is 3.51. The maximum atomic E-state index is 12.4. The minimum atomic E-state index is -5.08. The summed E-state index contributed by atoms with van der Waals surface area (Å²) >= 11 is 11.7. The number of hydrogen-bond donors (Lipinski definition) is 6. The first-order chi connectivity index (χ1) is 19.3. The highest BCUT2D eigenvalue weighted by Crippen LogP contribution is 2.22. The van der Waals surface area contributed by atoms with Crippen LogP contribution in [0.5, 0.6) is 5.75 Å². The second-order valence-corrected chi connectivity index (χ2v) is 8.65. The Morgan fingerprint density at radius 2 is 1.31 bits per heavy atom. The molecular weight excluding hydrogens is 633 g/mol. The number of hydroxylamine groups is 1. The summed E-state index contributed by atoms with van der Waals surface area (Å²) in [5, 5.41) is 29.4. The van der Waals surface area contributed by atoms with Crippen LogP contribution >= 0.6 is 23.2 Å². The van der Waals surface area contributed by atoms with Crippen molar-refractivity contribution in [3.05, 3.63) is 52.3 Å². The third-order valence-electron chi connectivity index (χ3n) is 4.83. The molecule has 1 aliphatic heterocycles. The summed E-state index contributed by atoms with van der Waals surface area (Å²) in [6.45, 7) is 0.960. The van der Waals surface area contributed by atoms with Crippen LogP contribution in [0.15, 0.2) is 36.4 Å². The van der Waals surface area contributed by atoms with E-state index in [2.05, 4.69) is 15.6 Å². The maximum Gasteiger partial charge on any atom is 0.490 e. The zero-order chi connectivity index (χ0) is 32.3. The molecule has 1 aliphatic rings. The van der Waals surface area contributed by atoms with Crippen molar-refractivity contribution in [2.24, 2.45) is 11.8 Å². The van der Waals surface area contributed by atoms with Crippen LogP contribution < -0.4 is 20.9 Å². The van der Waals surface area contributed by atoms with Crippen LogP contribution in [0, 0.1) is 11.8 Å². The first kappa shape index (κ1) is 36.2. The molecule has 2 amide bonds. The molecule has 1 aromatic heterocycles. The molecule has 0 spiro atoms. The number of ether oxygens (including phenoxy) is 1. The number of rotatable bonds is 6. The third kappa shape index (κ3) is 12.8. The van der Waals surface area contributed by atoms with Crippen LogP contribution in [0.2, 0.25) is 10.3 Å². The van der Waals surface area contributed by atoms with Gasteiger partial charge in [-0.1, -0.05) is 23.2 Å². The van der Waals surface area contributed by atoms with E-state index >= 15 is 0 Å². The molecule has 0 aliphatic carbocycles. The van der Waals surface area contributed by atoms with Gasteiger partial charge in [0.2, 0.25) is 11.8 Å². The molecule has 0 saturated carbocycles. The predicted molar refractivity (Wildman–Crippen MR) is 131 cm³/mol. The largest absolute Gasteiger partial charge is 0.490 e. The maximum absolute atomic E-state index is 12.4. The molecule has 2 aromatic rings. The summed E-state index contributed by atoms with van der Waals surface area (Å²) in [5.41, 5.74) is 2.96. The molecule has 2 atom stereocenters. The third-order valence-corrected chi connectivity index (χ3v) is 5.22. The van der Waals surface area contributed by atoms with E-state index in [1.54, 1.807) is 41.9 Å². The van der Waals surface area contributed by atoms with E-state index < -0.39 is 42.0 Å². The quantitative estimate of drug-likeness (QED) is 0.117. The highest BCUT2D eigenvalue weighted by Gasteiger charge is 2.39. The number of nitrogens with one attached hydrogen (secondary N) is 3. The van der Waals surface area contributed by atoms with Gasteiger partial charge in [-0.15, -0.1) is 0 Å². The molecule has 1 aromatic carbocycles. The highest BCUT2D eigenvalue weighted by atomic mass is 35.5. The molecule has 1 saturated heterocycles. The Morgan fingerprint density at radius 3 is 1.71 bits per heavy atom. The standard InChI is InChI=1S/C18H18Cl2N4O4.2C2HF3O2/c19-15-5-10(6-16(20)23-15)9-28-12-3-1-11(2-4-12)22-17(25)13-7-21-8-14(13)18(26)24-27;2*3-2(4,5)1(6)7/h1-6,13-14,21,27H,7-9H2,(H,22,25)(H,24,26);2*(H,6,7)/t13-,14-;;/m0../s1. The average Bonchev–Trinajstić information content (AvgIpc) is 3.37. The van der Waals surface area contributed by atoms with Crippen LogP contribution in [-0.4, -0.2) is 69.6 Å². The molecule has 232 valence electrons.